The lowest BCUT2D eigenvalue weighted by Gasteiger charge is -2.01. The van der Waals surface area contributed by atoms with E-state index in [0.29, 0.717) is 0 Å². The minimum absolute atomic E-state index is 0.192. The molecule has 0 saturated heterocycles. The molecular formula is C18H17ClN4S. The van der Waals surface area contributed by atoms with Crippen molar-refractivity contribution in [3.63, 3.8) is 0 Å². The Hall–Kier alpha value is -2.37. The third-order valence-electron chi connectivity index (χ3n) is 3.31. The van der Waals surface area contributed by atoms with Crippen LogP contribution in [-0.2, 0) is 0 Å². The predicted molar refractivity (Wildman–Crippen MR) is 107 cm³/mol. The largest absolute Gasteiger partial charge is 0.276 e. The van der Waals surface area contributed by atoms with Gasteiger partial charge in [0.25, 0.3) is 0 Å². The van der Waals surface area contributed by atoms with Crippen molar-refractivity contribution in [2.75, 3.05) is 6.00 Å². The number of aryl methyl sites for hydroxylation is 1. The van der Waals surface area contributed by atoms with Crippen molar-refractivity contribution in [1.29, 1.82) is 0 Å². The molecule has 0 amide bonds. The number of allylic oxidation sites excluding steroid dienone is 5. The van der Waals surface area contributed by atoms with Gasteiger partial charge in [-0.3, -0.25) is 9.98 Å². The highest BCUT2D eigenvalue weighted by Crippen LogP contribution is 2.34. The molecule has 2 aromatic heterocycles. The smallest absolute Gasteiger partial charge is 0.147 e. The van der Waals surface area contributed by atoms with Gasteiger partial charge in [0.05, 0.1) is 5.69 Å². The van der Waals surface area contributed by atoms with E-state index in [1.54, 1.807) is 24.6 Å². The number of fused-ring (bicyclic) bond motifs is 1. The first-order valence-electron chi connectivity index (χ1n) is 7.10. The lowest BCUT2D eigenvalue weighted by Crippen LogP contribution is -1.90. The quantitative estimate of drug-likeness (QED) is 0.301. The number of alkyl halides is 1. The average molecular weight is 357 g/mol. The molecule has 0 aliphatic carbocycles. The molecule has 0 radical (unpaired) electrons. The monoisotopic (exact) mass is 356 g/mol. The van der Waals surface area contributed by atoms with Crippen LogP contribution >= 0.6 is 22.9 Å². The summed E-state index contributed by atoms with van der Waals surface area (Å²) in [6.45, 7) is 13.1. The van der Waals surface area contributed by atoms with Gasteiger partial charge >= 0.3 is 0 Å². The number of halogens is 1. The highest BCUT2D eigenvalue weighted by molar-refractivity contribution is 7.20. The van der Waals surface area contributed by atoms with Gasteiger partial charge in [-0.25, -0.2) is 0 Å². The average Bonchev–Trinajstić information content (AvgIpc) is 2.92. The fourth-order valence-electron chi connectivity index (χ4n) is 2.20. The molecular weight excluding hydrogens is 340 g/mol. The zero-order chi connectivity index (χ0) is 17.5. The topological polar surface area (TPSA) is 50.5 Å². The van der Waals surface area contributed by atoms with Crippen LogP contribution < -0.4 is 0 Å². The molecule has 0 bridgehead atoms. The zero-order valence-electron chi connectivity index (χ0n) is 13.4. The Morgan fingerprint density at radius 1 is 1.33 bits per heavy atom. The number of rotatable bonds is 7. The predicted octanol–water partition coefficient (Wildman–Crippen LogP) is 5.06. The van der Waals surface area contributed by atoms with E-state index in [0.717, 1.165) is 37.5 Å². The molecule has 0 aromatic carbocycles. The summed E-state index contributed by atoms with van der Waals surface area (Å²) in [6.07, 6.45) is 8.65. The molecule has 0 fully saturated rings. The lowest BCUT2D eigenvalue weighted by molar-refractivity contribution is 1.06. The highest BCUT2D eigenvalue weighted by Gasteiger charge is 2.14. The molecule has 24 heavy (non-hydrogen) atoms. The summed E-state index contributed by atoms with van der Waals surface area (Å²) in [5.41, 5.74) is 3.56. The van der Waals surface area contributed by atoms with Gasteiger partial charge in [-0.2, -0.15) is 0 Å². The minimum Gasteiger partial charge on any atom is -0.276 e. The summed E-state index contributed by atoms with van der Waals surface area (Å²) < 4.78 is 0. The first-order valence-corrected chi connectivity index (χ1v) is 8.45. The number of thiophene rings is 1. The van der Waals surface area contributed by atoms with E-state index in [1.165, 1.54) is 11.3 Å². The summed E-state index contributed by atoms with van der Waals surface area (Å²) in [6, 6.07) is 2.20. The Labute approximate surface area is 150 Å². The maximum absolute atomic E-state index is 5.64. The van der Waals surface area contributed by atoms with Crippen molar-refractivity contribution < 1.29 is 0 Å². The van der Waals surface area contributed by atoms with Crippen LogP contribution in [0.15, 0.2) is 53.6 Å². The molecule has 6 heteroatoms. The van der Waals surface area contributed by atoms with Crippen molar-refractivity contribution >= 4 is 57.2 Å². The lowest BCUT2D eigenvalue weighted by atomic mass is 10.1. The summed E-state index contributed by atoms with van der Waals surface area (Å²) in [4.78, 5) is 9.80. The van der Waals surface area contributed by atoms with Crippen molar-refractivity contribution in [1.82, 2.24) is 10.2 Å². The summed E-state index contributed by atoms with van der Waals surface area (Å²) in [7, 11) is 0. The fraction of sp³-hybridized carbons (Fsp3) is 0.111. The number of aliphatic imine (C=N–C) groups is 2. The van der Waals surface area contributed by atoms with Gasteiger partial charge in [-0.15, -0.1) is 33.1 Å². The van der Waals surface area contributed by atoms with E-state index in [9.17, 15) is 0 Å². The molecule has 0 spiro atoms. The molecule has 2 heterocycles. The van der Waals surface area contributed by atoms with Crippen LogP contribution in [-0.4, -0.2) is 29.1 Å². The van der Waals surface area contributed by atoms with Crippen molar-refractivity contribution in [3.05, 3.63) is 59.8 Å². The van der Waals surface area contributed by atoms with Gasteiger partial charge in [-0.1, -0.05) is 31.4 Å². The molecule has 0 aliphatic rings. The number of nitrogens with zero attached hydrogens (tertiary/aromatic N) is 4. The maximum atomic E-state index is 5.64. The van der Waals surface area contributed by atoms with Crippen LogP contribution in [0.25, 0.3) is 21.4 Å². The third kappa shape index (κ3) is 3.75. The van der Waals surface area contributed by atoms with Crippen LogP contribution in [0.3, 0.4) is 0 Å². The molecule has 0 unspecified atom stereocenters. The van der Waals surface area contributed by atoms with Crippen LogP contribution in [0.1, 0.15) is 16.1 Å². The highest BCUT2D eigenvalue weighted by atomic mass is 35.5. The van der Waals surface area contributed by atoms with Gasteiger partial charge in [0, 0.05) is 33.8 Å². The van der Waals surface area contributed by atoms with Crippen LogP contribution in [0.5, 0.6) is 0 Å². The molecule has 0 aliphatic heterocycles. The van der Waals surface area contributed by atoms with E-state index in [1.807, 2.05) is 19.1 Å². The Bertz CT molecular complexity index is 875. The van der Waals surface area contributed by atoms with Crippen LogP contribution in [0.2, 0.25) is 0 Å². The molecule has 122 valence electrons. The zero-order valence-corrected chi connectivity index (χ0v) is 14.9. The van der Waals surface area contributed by atoms with Gasteiger partial charge in [0.15, 0.2) is 0 Å². The first kappa shape index (κ1) is 18.0. The van der Waals surface area contributed by atoms with E-state index in [2.05, 4.69) is 40.1 Å². The second-order valence-corrected chi connectivity index (χ2v) is 6.00. The third-order valence-corrected chi connectivity index (χ3v) is 4.69. The summed E-state index contributed by atoms with van der Waals surface area (Å²) in [5.74, 6) is 0. The summed E-state index contributed by atoms with van der Waals surface area (Å²) in [5, 5.41) is 9.65. The maximum Gasteiger partial charge on any atom is 0.147 e. The number of hydrogen-bond acceptors (Lipinski definition) is 5. The van der Waals surface area contributed by atoms with Crippen molar-refractivity contribution in [2.45, 2.75) is 6.92 Å². The first-order chi connectivity index (χ1) is 11.7. The van der Waals surface area contributed by atoms with Gasteiger partial charge in [-0.05, 0) is 25.3 Å². The molecule has 4 nitrogen and oxygen atoms in total. The van der Waals surface area contributed by atoms with Crippen LogP contribution in [0.4, 0.5) is 0 Å². The molecule has 0 saturated carbocycles. The van der Waals surface area contributed by atoms with Gasteiger partial charge < -0.3 is 0 Å². The van der Waals surface area contributed by atoms with Crippen molar-refractivity contribution in [3.8, 4) is 0 Å². The Morgan fingerprint density at radius 2 is 2.12 bits per heavy atom. The minimum atomic E-state index is 0.192. The molecule has 0 N–H and O–H groups in total. The Kier molecular flexibility index (Phi) is 6.35. The SMILES string of the molecule is C=C/C=C(\C=C)c1cc2c(C)c(C(/C=N\CCl)=C/N=C)sc2nn1. The number of hydrogen-bond donors (Lipinski definition) is 0. The van der Waals surface area contributed by atoms with E-state index in [-0.39, 0.29) is 6.00 Å². The Balaban J connectivity index is 2.62. The fourth-order valence-corrected chi connectivity index (χ4v) is 3.36. The second-order valence-electron chi connectivity index (χ2n) is 4.76. The molecule has 2 rings (SSSR count). The standard InChI is InChI=1S/C18H17ClN4S/c1-5-7-13(6-2)16-8-15-12(3)17(24-18(15)23-22-16)14(9-20-4)10-21-11-19/h5-10H,1-2,4,11H2,3H3/b13-7+,14-9+,21-10-. The molecule has 2 aromatic rings. The van der Waals surface area contributed by atoms with Gasteiger partial charge in [0.1, 0.15) is 10.8 Å². The summed E-state index contributed by atoms with van der Waals surface area (Å²) >= 11 is 7.17. The second kappa shape index (κ2) is 8.47. The molecule has 0 atom stereocenters. The van der Waals surface area contributed by atoms with E-state index < -0.39 is 0 Å². The van der Waals surface area contributed by atoms with Gasteiger partial charge in [0.2, 0.25) is 0 Å². The van der Waals surface area contributed by atoms with Crippen LogP contribution in [0, 0.1) is 6.92 Å². The van der Waals surface area contributed by atoms with E-state index in [4.69, 9.17) is 11.6 Å². The van der Waals surface area contributed by atoms with E-state index >= 15 is 0 Å². The van der Waals surface area contributed by atoms with Crippen molar-refractivity contribution in [2.24, 2.45) is 9.98 Å². The normalized spacial score (nSPS) is 12.8. The number of aromatic nitrogens is 2. The Morgan fingerprint density at radius 3 is 2.75 bits per heavy atom.